The fourth-order valence-corrected chi connectivity index (χ4v) is 9.93. The van der Waals surface area contributed by atoms with E-state index < -0.39 is 12.1 Å². The molecule has 3 aromatic carbocycles. The highest BCUT2D eigenvalue weighted by molar-refractivity contribution is 6.07. The quantitative estimate of drug-likeness (QED) is 0.162. The second-order valence-corrected chi connectivity index (χ2v) is 16.0. The molecule has 1 aliphatic carbocycles. The fraction of sp³-hybridized carbons (Fsp3) is 0.452. The van der Waals surface area contributed by atoms with Crippen molar-refractivity contribution in [1.82, 2.24) is 35.1 Å². The molecule has 1 saturated carbocycles. The summed E-state index contributed by atoms with van der Waals surface area (Å²) in [6, 6.07) is 14.2. The Morgan fingerprint density at radius 2 is 1.87 bits per heavy atom. The maximum atomic E-state index is 14.3. The van der Waals surface area contributed by atoms with Gasteiger partial charge in [-0.25, -0.2) is 14.8 Å². The van der Waals surface area contributed by atoms with Crippen LogP contribution in [0.1, 0.15) is 74.7 Å². The average Bonchev–Trinajstić information content (AvgIpc) is 4.00. The van der Waals surface area contributed by atoms with Crippen LogP contribution in [0.4, 0.5) is 4.79 Å². The number of rotatable bonds is 7. The molecule has 5 aromatic rings. The number of imidazole rings is 2. The Labute approximate surface area is 318 Å². The van der Waals surface area contributed by atoms with Gasteiger partial charge in [0.1, 0.15) is 30.0 Å². The molecule has 0 spiro atoms. The van der Waals surface area contributed by atoms with Gasteiger partial charge in [0.25, 0.3) is 0 Å². The van der Waals surface area contributed by atoms with E-state index in [0.717, 1.165) is 99.2 Å². The Morgan fingerprint density at radius 1 is 1.00 bits per heavy atom. The van der Waals surface area contributed by atoms with Gasteiger partial charge in [0.05, 0.1) is 42.1 Å². The third-order valence-corrected chi connectivity index (χ3v) is 13.1. The molecule has 6 atom stereocenters. The molecule has 10 rings (SSSR count). The minimum Gasteiger partial charge on any atom is -0.488 e. The van der Waals surface area contributed by atoms with Crippen LogP contribution in [0.2, 0.25) is 0 Å². The SMILES string of the molecule is COC(=O)NC(C(=O)N1CC2CCC2C1c1ncc(-c2ccc3c(c2)COc2cc4c(ccc5[nH]c(C6CCC(C)N6C=O)nc54)cc2-3)[nH]1)C1CCOCC1. The number of nitrogens with zero attached hydrogens (tertiary/aromatic N) is 4. The summed E-state index contributed by atoms with van der Waals surface area (Å²) in [6.45, 7) is 4.30. The van der Waals surface area contributed by atoms with E-state index in [1.165, 1.54) is 7.11 Å². The summed E-state index contributed by atoms with van der Waals surface area (Å²) < 4.78 is 16.9. The first kappa shape index (κ1) is 34.1. The molecule has 2 aromatic heterocycles. The van der Waals surface area contributed by atoms with Crippen LogP contribution in [0.25, 0.3) is 44.2 Å². The van der Waals surface area contributed by atoms with Crippen LogP contribution < -0.4 is 10.1 Å². The number of hydrogen-bond donors (Lipinski definition) is 3. The highest BCUT2D eigenvalue weighted by Crippen LogP contribution is 2.52. The number of aromatic nitrogens is 4. The zero-order chi connectivity index (χ0) is 37.4. The summed E-state index contributed by atoms with van der Waals surface area (Å²) in [6.07, 6.45) is 7.60. The molecule has 13 heteroatoms. The van der Waals surface area contributed by atoms with Gasteiger partial charge in [-0.3, -0.25) is 9.59 Å². The Kier molecular flexibility index (Phi) is 8.30. The standard InChI is InChI=1S/C42H45N7O6/c1-22-3-10-34(49(22)21-50)39-44-32-9-6-24-16-31-28-7-4-25(15-27(28)20-55-35(31)17-30(24)37(32)46-39)33-18-43-40(45-33)38-29-8-5-26(29)19-48(38)41(51)36(47-42(52)53-2)23-11-13-54-14-12-23/h4,6-7,9,15-18,21-23,26,29,34,36,38H,3,5,8,10-14,19-20H2,1-2H3,(H,43,45)(H,44,46)(H,47,52). The van der Waals surface area contributed by atoms with Gasteiger partial charge in [0, 0.05) is 36.8 Å². The first-order chi connectivity index (χ1) is 26.9. The van der Waals surface area contributed by atoms with Gasteiger partial charge in [-0.1, -0.05) is 18.2 Å². The molecule has 13 nitrogen and oxygen atoms in total. The monoisotopic (exact) mass is 743 g/mol. The first-order valence-corrected chi connectivity index (χ1v) is 19.6. The number of carbonyl (C=O) groups is 3. The Bertz CT molecular complexity index is 2330. The molecule has 0 bridgehead atoms. The molecule has 3 N–H and O–H groups in total. The molecule has 284 valence electrons. The van der Waals surface area contributed by atoms with E-state index in [-0.39, 0.29) is 30.0 Å². The molecule has 6 unspecified atom stereocenters. The number of methoxy groups -OCH3 is 1. The van der Waals surface area contributed by atoms with Crippen molar-refractivity contribution in [3.63, 3.8) is 0 Å². The van der Waals surface area contributed by atoms with Crippen molar-refractivity contribution in [2.45, 2.75) is 76.2 Å². The second kappa shape index (κ2) is 13.4. The minimum absolute atomic E-state index is 0.0206. The number of carbonyl (C=O) groups excluding carboxylic acids is 3. The van der Waals surface area contributed by atoms with E-state index in [2.05, 4.69) is 64.7 Å². The molecule has 5 aliphatic rings. The van der Waals surface area contributed by atoms with Gasteiger partial charge in [0.15, 0.2) is 0 Å². The van der Waals surface area contributed by atoms with Crippen molar-refractivity contribution < 1.29 is 28.6 Å². The molecule has 6 heterocycles. The normalized spacial score (nSPS) is 25.2. The fourth-order valence-electron chi connectivity index (χ4n) is 9.93. The average molecular weight is 744 g/mol. The maximum absolute atomic E-state index is 14.3. The maximum Gasteiger partial charge on any atom is 0.407 e. The molecular formula is C42H45N7O6. The van der Waals surface area contributed by atoms with Crippen LogP contribution in [0.5, 0.6) is 5.75 Å². The number of alkyl carbamates (subject to hydrolysis) is 1. The lowest BCUT2D eigenvalue weighted by Gasteiger charge is -2.35. The predicted molar refractivity (Wildman–Crippen MR) is 204 cm³/mol. The van der Waals surface area contributed by atoms with E-state index in [0.29, 0.717) is 51.0 Å². The third kappa shape index (κ3) is 5.65. The topological polar surface area (TPSA) is 155 Å². The van der Waals surface area contributed by atoms with Gasteiger partial charge in [-0.15, -0.1) is 0 Å². The summed E-state index contributed by atoms with van der Waals surface area (Å²) in [5.74, 6) is 3.07. The Hall–Kier alpha value is -5.43. The van der Waals surface area contributed by atoms with Crippen LogP contribution in [0, 0.1) is 17.8 Å². The van der Waals surface area contributed by atoms with Crippen LogP contribution in [0.15, 0.2) is 48.7 Å². The van der Waals surface area contributed by atoms with E-state index in [1.54, 1.807) is 0 Å². The summed E-state index contributed by atoms with van der Waals surface area (Å²) >= 11 is 0. The smallest absolute Gasteiger partial charge is 0.407 e. The van der Waals surface area contributed by atoms with Crippen LogP contribution >= 0.6 is 0 Å². The first-order valence-electron chi connectivity index (χ1n) is 19.6. The molecule has 3 saturated heterocycles. The third-order valence-electron chi connectivity index (χ3n) is 13.1. The lowest BCUT2D eigenvalue weighted by Crippen LogP contribution is -2.53. The number of likely N-dealkylation sites (tertiary alicyclic amines) is 2. The highest BCUT2D eigenvalue weighted by atomic mass is 16.5. The molecule has 0 radical (unpaired) electrons. The van der Waals surface area contributed by atoms with Crippen molar-refractivity contribution in [3.8, 4) is 28.1 Å². The minimum atomic E-state index is -0.676. The summed E-state index contributed by atoms with van der Waals surface area (Å²) in [5, 5.41) is 4.95. The summed E-state index contributed by atoms with van der Waals surface area (Å²) in [4.78, 5) is 59.4. The number of fused-ring (bicyclic) bond motifs is 7. The van der Waals surface area contributed by atoms with E-state index in [9.17, 15) is 14.4 Å². The zero-order valence-corrected chi connectivity index (χ0v) is 31.0. The number of aromatic amines is 2. The lowest BCUT2D eigenvalue weighted by atomic mass is 9.73. The molecule has 3 amide bonds. The Morgan fingerprint density at radius 3 is 2.67 bits per heavy atom. The van der Waals surface area contributed by atoms with Gasteiger partial charge in [-0.2, -0.15) is 0 Å². The molecule has 55 heavy (non-hydrogen) atoms. The number of amides is 3. The van der Waals surface area contributed by atoms with Crippen LogP contribution in [0.3, 0.4) is 0 Å². The van der Waals surface area contributed by atoms with E-state index in [1.807, 2.05) is 16.0 Å². The largest absolute Gasteiger partial charge is 0.488 e. The lowest BCUT2D eigenvalue weighted by molar-refractivity contribution is -0.137. The number of hydrogen-bond acceptors (Lipinski definition) is 8. The summed E-state index contributed by atoms with van der Waals surface area (Å²) in [5.41, 5.74) is 6.95. The van der Waals surface area contributed by atoms with Crippen molar-refractivity contribution in [2.24, 2.45) is 17.8 Å². The Balaban J connectivity index is 0.926. The number of ether oxygens (including phenoxy) is 3. The van der Waals surface area contributed by atoms with Gasteiger partial charge >= 0.3 is 6.09 Å². The van der Waals surface area contributed by atoms with Crippen LogP contribution in [-0.4, -0.2) is 87.1 Å². The molecule has 4 fully saturated rings. The van der Waals surface area contributed by atoms with Crippen molar-refractivity contribution in [1.29, 1.82) is 0 Å². The van der Waals surface area contributed by atoms with Crippen molar-refractivity contribution >= 4 is 40.2 Å². The van der Waals surface area contributed by atoms with Gasteiger partial charge in [0.2, 0.25) is 12.3 Å². The number of nitrogens with one attached hydrogen (secondary N) is 3. The number of H-pyrrole nitrogens is 2. The van der Waals surface area contributed by atoms with Crippen molar-refractivity contribution in [2.75, 3.05) is 26.9 Å². The van der Waals surface area contributed by atoms with E-state index >= 15 is 0 Å². The van der Waals surface area contributed by atoms with Gasteiger partial charge in [-0.05, 0) is 110 Å². The number of benzene rings is 3. The van der Waals surface area contributed by atoms with E-state index in [4.69, 9.17) is 24.2 Å². The van der Waals surface area contributed by atoms with Gasteiger partial charge < -0.3 is 39.3 Å². The highest BCUT2D eigenvalue weighted by Gasteiger charge is 2.52. The predicted octanol–water partition coefficient (Wildman–Crippen LogP) is 6.41. The molecule has 4 aliphatic heterocycles. The van der Waals surface area contributed by atoms with Crippen LogP contribution in [-0.2, 0) is 25.7 Å². The zero-order valence-electron chi connectivity index (χ0n) is 31.0. The molecular weight excluding hydrogens is 699 g/mol. The second-order valence-electron chi connectivity index (χ2n) is 16.0. The van der Waals surface area contributed by atoms with Crippen molar-refractivity contribution in [3.05, 3.63) is 65.9 Å². The summed E-state index contributed by atoms with van der Waals surface area (Å²) in [7, 11) is 1.33.